The summed E-state index contributed by atoms with van der Waals surface area (Å²) in [6, 6.07) is 11.0. The van der Waals surface area contributed by atoms with Crippen molar-refractivity contribution in [3.63, 3.8) is 0 Å². The predicted molar refractivity (Wildman–Crippen MR) is 97.5 cm³/mol. The topological polar surface area (TPSA) is 76.7 Å². The lowest BCUT2D eigenvalue weighted by molar-refractivity contribution is -0.137. The van der Waals surface area contributed by atoms with E-state index in [2.05, 4.69) is 26.8 Å². The fourth-order valence-electron chi connectivity index (χ4n) is 1.98. The molecule has 0 aromatic heterocycles. The van der Waals surface area contributed by atoms with Gasteiger partial charge < -0.3 is 9.47 Å². The van der Waals surface area contributed by atoms with Gasteiger partial charge in [0.1, 0.15) is 11.5 Å². The highest BCUT2D eigenvalue weighted by Gasteiger charge is 2.30. The zero-order valence-corrected chi connectivity index (χ0v) is 16.1. The van der Waals surface area contributed by atoms with Crippen LogP contribution in [-0.4, -0.2) is 24.5 Å². The van der Waals surface area contributed by atoms with Crippen LogP contribution in [0.4, 0.5) is 13.2 Å². The van der Waals surface area contributed by atoms with E-state index in [-0.39, 0.29) is 5.75 Å². The third kappa shape index (κ3) is 6.76. The van der Waals surface area contributed by atoms with Crippen molar-refractivity contribution in [2.75, 3.05) is 6.61 Å². The van der Waals surface area contributed by atoms with Crippen LogP contribution in [0.1, 0.15) is 12.5 Å². The molecule has 10 heteroatoms. The number of benzene rings is 2. The molecule has 0 aliphatic heterocycles. The van der Waals surface area contributed by atoms with Crippen molar-refractivity contribution in [2.24, 2.45) is 0 Å². The summed E-state index contributed by atoms with van der Waals surface area (Å²) < 4.78 is 49.1. The Hall–Kier alpha value is -2.75. The van der Waals surface area contributed by atoms with Crippen molar-refractivity contribution < 1.29 is 32.2 Å². The largest absolute Gasteiger partial charge is 0.484 e. The second-order valence-corrected chi connectivity index (χ2v) is 6.48. The summed E-state index contributed by atoms with van der Waals surface area (Å²) in [6.45, 7) is 0.907. The molecule has 1 atom stereocenters. The quantitative estimate of drug-likeness (QED) is 0.647. The molecule has 0 fully saturated rings. The van der Waals surface area contributed by atoms with Gasteiger partial charge in [-0.1, -0.05) is 28.1 Å². The number of carbonyl (C=O) groups excluding carboxylic acids is 2. The lowest BCUT2D eigenvalue weighted by Gasteiger charge is -2.15. The minimum absolute atomic E-state index is 0.123. The van der Waals surface area contributed by atoms with E-state index in [1.165, 1.54) is 19.1 Å². The van der Waals surface area contributed by atoms with Gasteiger partial charge in [-0.2, -0.15) is 13.2 Å². The lowest BCUT2D eigenvalue weighted by Crippen LogP contribution is -2.48. The van der Waals surface area contributed by atoms with Crippen LogP contribution in [0.5, 0.6) is 11.5 Å². The molecule has 0 saturated carbocycles. The lowest BCUT2D eigenvalue weighted by atomic mass is 10.2. The third-order valence-electron chi connectivity index (χ3n) is 3.33. The van der Waals surface area contributed by atoms with E-state index < -0.39 is 36.3 Å². The molecule has 2 rings (SSSR count). The second-order valence-electron chi connectivity index (χ2n) is 5.57. The fraction of sp³-hybridized carbons (Fsp3) is 0.222. The van der Waals surface area contributed by atoms with Gasteiger partial charge in [-0.3, -0.25) is 20.4 Å². The molecule has 0 aliphatic rings. The van der Waals surface area contributed by atoms with Crippen LogP contribution in [0.2, 0.25) is 0 Å². The van der Waals surface area contributed by atoms with Crippen LogP contribution in [0.3, 0.4) is 0 Å². The van der Waals surface area contributed by atoms with E-state index in [9.17, 15) is 22.8 Å². The number of carbonyl (C=O) groups is 2. The van der Waals surface area contributed by atoms with Gasteiger partial charge in [-0.25, -0.2) is 0 Å². The van der Waals surface area contributed by atoms with E-state index >= 15 is 0 Å². The maximum atomic E-state index is 12.6. The minimum atomic E-state index is -4.51. The number of hydrazine groups is 1. The SMILES string of the molecule is C[C@H](Oc1cccc(Br)c1)C(=O)NNC(=O)COc1cccc(C(F)(F)F)c1. The summed E-state index contributed by atoms with van der Waals surface area (Å²) in [4.78, 5) is 23.6. The van der Waals surface area contributed by atoms with Crippen molar-refractivity contribution in [1.29, 1.82) is 0 Å². The first-order chi connectivity index (χ1) is 13.1. The van der Waals surface area contributed by atoms with Gasteiger partial charge >= 0.3 is 6.18 Å². The number of hydrogen-bond donors (Lipinski definition) is 2. The van der Waals surface area contributed by atoms with Crippen molar-refractivity contribution >= 4 is 27.7 Å². The summed E-state index contributed by atoms with van der Waals surface area (Å²) in [5, 5.41) is 0. The normalized spacial score (nSPS) is 12.0. The number of ether oxygens (including phenoxy) is 2. The average Bonchev–Trinajstić information content (AvgIpc) is 2.64. The molecule has 150 valence electrons. The van der Waals surface area contributed by atoms with E-state index in [0.29, 0.717) is 5.75 Å². The van der Waals surface area contributed by atoms with Crippen LogP contribution >= 0.6 is 15.9 Å². The number of halogens is 4. The van der Waals surface area contributed by atoms with Crippen LogP contribution < -0.4 is 20.3 Å². The van der Waals surface area contributed by atoms with Gasteiger partial charge in [0.25, 0.3) is 11.8 Å². The van der Waals surface area contributed by atoms with Crippen molar-refractivity contribution in [3.05, 3.63) is 58.6 Å². The van der Waals surface area contributed by atoms with Gasteiger partial charge in [-0.05, 0) is 43.3 Å². The summed E-state index contributed by atoms with van der Waals surface area (Å²) in [6.07, 6.45) is -5.42. The molecular formula is C18H16BrF3N2O4. The molecule has 0 radical (unpaired) electrons. The third-order valence-corrected chi connectivity index (χ3v) is 3.83. The zero-order chi connectivity index (χ0) is 20.7. The molecule has 0 unspecified atom stereocenters. The maximum Gasteiger partial charge on any atom is 0.416 e. The van der Waals surface area contributed by atoms with Crippen molar-refractivity contribution in [2.45, 2.75) is 19.2 Å². The molecule has 28 heavy (non-hydrogen) atoms. The zero-order valence-electron chi connectivity index (χ0n) is 14.5. The Labute approximate surface area is 167 Å². The molecule has 2 aromatic carbocycles. The molecular weight excluding hydrogens is 445 g/mol. The second kappa shape index (κ2) is 9.45. The average molecular weight is 461 g/mol. The number of alkyl halides is 3. The first kappa shape index (κ1) is 21.5. The van der Waals surface area contributed by atoms with Crippen LogP contribution in [-0.2, 0) is 15.8 Å². The Morgan fingerprint density at radius 3 is 2.43 bits per heavy atom. The summed E-state index contributed by atoms with van der Waals surface area (Å²) >= 11 is 3.28. The molecule has 0 bridgehead atoms. The number of rotatable bonds is 6. The van der Waals surface area contributed by atoms with E-state index in [4.69, 9.17) is 9.47 Å². The van der Waals surface area contributed by atoms with Gasteiger partial charge in [0.2, 0.25) is 0 Å². The molecule has 2 N–H and O–H groups in total. The summed E-state index contributed by atoms with van der Waals surface area (Å²) in [5.74, 6) is -1.04. The Morgan fingerprint density at radius 1 is 1.07 bits per heavy atom. The van der Waals surface area contributed by atoms with Crippen molar-refractivity contribution in [3.8, 4) is 11.5 Å². The van der Waals surface area contributed by atoms with Gasteiger partial charge in [-0.15, -0.1) is 0 Å². The van der Waals surface area contributed by atoms with Crippen LogP contribution in [0, 0.1) is 0 Å². The monoisotopic (exact) mass is 460 g/mol. The highest BCUT2D eigenvalue weighted by Crippen LogP contribution is 2.31. The summed E-state index contributed by atoms with van der Waals surface area (Å²) in [5.41, 5.74) is 3.36. The molecule has 0 spiro atoms. The van der Waals surface area contributed by atoms with E-state index in [1.807, 2.05) is 0 Å². The highest BCUT2D eigenvalue weighted by molar-refractivity contribution is 9.10. The van der Waals surface area contributed by atoms with Gasteiger partial charge in [0.15, 0.2) is 12.7 Å². The van der Waals surface area contributed by atoms with E-state index in [0.717, 1.165) is 16.6 Å². The molecule has 0 saturated heterocycles. The fourth-order valence-corrected chi connectivity index (χ4v) is 2.36. The maximum absolute atomic E-state index is 12.6. The first-order valence-corrected chi connectivity index (χ1v) is 8.75. The number of amides is 2. The van der Waals surface area contributed by atoms with Gasteiger partial charge in [0.05, 0.1) is 5.56 Å². The standard InChI is InChI=1S/C18H16BrF3N2O4/c1-11(28-15-7-3-5-13(19)9-15)17(26)24-23-16(25)10-27-14-6-2-4-12(8-14)18(20,21)22/h2-9,11H,10H2,1H3,(H,23,25)(H,24,26)/t11-/m0/s1. The molecule has 6 nitrogen and oxygen atoms in total. The number of hydrogen-bond acceptors (Lipinski definition) is 4. The Bertz CT molecular complexity index is 846. The first-order valence-electron chi connectivity index (χ1n) is 7.96. The van der Waals surface area contributed by atoms with E-state index in [1.54, 1.807) is 24.3 Å². The molecule has 2 amide bonds. The smallest absolute Gasteiger partial charge is 0.416 e. The van der Waals surface area contributed by atoms with Crippen molar-refractivity contribution in [1.82, 2.24) is 10.9 Å². The predicted octanol–water partition coefficient (Wildman–Crippen LogP) is 3.46. The Morgan fingerprint density at radius 2 is 1.75 bits per heavy atom. The Balaban J connectivity index is 1.78. The number of nitrogens with one attached hydrogen (secondary N) is 2. The molecule has 0 aliphatic carbocycles. The van der Waals surface area contributed by atoms with Crippen LogP contribution in [0.15, 0.2) is 53.0 Å². The van der Waals surface area contributed by atoms with Crippen LogP contribution in [0.25, 0.3) is 0 Å². The summed E-state index contributed by atoms with van der Waals surface area (Å²) in [7, 11) is 0. The minimum Gasteiger partial charge on any atom is -0.484 e. The highest BCUT2D eigenvalue weighted by atomic mass is 79.9. The molecule has 2 aromatic rings. The Kier molecular flexibility index (Phi) is 7.27. The van der Waals surface area contributed by atoms with Gasteiger partial charge in [0, 0.05) is 4.47 Å². The molecule has 0 heterocycles.